The number of aliphatic hydroxyl groups excluding tert-OH is 1. The van der Waals surface area contributed by atoms with Gasteiger partial charge in [-0.1, -0.05) is 13.8 Å². The van der Waals surface area contributed by atoms with Gasteiger partial charge in [0.25, 0.3) is 0 Å². The van der Waals surface area contributed by atoms with E-state index in [9.17, 15) is 23.1 Å². The number of β-amino-alcohol motifs (C(OH)–C–C–N with tert-alkyl or cyclic N) is 1. The van der Waals surface area contributed by atoms with E-state index in [-0.39, 0.29) is 23.9 Å². The maximum absolute atomic E-state index is 13.1. The third kappa shape index (κ3) is 8.66. The molecule has 1 aromatic carbocycles. The van der Waals surface area contributed by atoms with Gasteiger partial charge >= 0.3 is 6.09 Å². The van der Waals surface area contributed by atoms with Gasteiger partial charge in [0.2, 0.25) is 15.9 Å². The molecule has 1 aliphatic heterocycles. The van der Waals surface area contributed by atoms with Gasteiger partial charge in [0.15, 0.2) is 0 Å². The first-order valence-corrected chi connectivity index (χ1v) is 13.3. The van der Waals surface area contributed by atoms with Crippen LogP contribution >= 0.6 is 0 Å². The zero-order chi connectivity index (χ0) is 26.4. The SMILES string of the molecule is COc1ccc(S(=O)(=O)N2CCCC(NC(=O)C(CC(C)C)NC(=O)OC(C)(C)C)C(O)C2)cc1. The molecule has 1 saturated heterocycles. The van der Waals surface area contributed by atoms with E-state index in [0.29, 0.717) is 25.0 Å². The van der Waals surface area contributed by atoms with Crippen molar-refractivity contribution in [1.82, 2.24) is 14.9 Å². The van der Waals surface area contributed by atoms with E-state index in [1.807, 2.05) is 13.8 Å². The predicted octanol–water partition coefficient (Wildman–Crippen LogP) is 2.26. The summed E-state index contributed by atoms with van der Waals surface area (Å²) in [4.78, 5) is 25.4. The zero-order valence-corrected chi connectivity index (χ0v) is 22.2. The van der Waals surface area contributed by atoms with E-state index in [0.717, 1.165) is 0 Å². The van der Waals surface area contributed by atoms with Gasteiger partial charge in [-0.05, 0) is 70.2 Å². The Bertz CT molecular complexity index is 958. The molecule has 3 N–H and O–H groups in total. The third-order valence-corrected chi connectivity index (χ3v) is 7.40. The van der Waals surface area contributed by atoms with Crippen molar-refractivity contribution in [2.45, 2.75) is 82.6 Å². The van der Waals surface area contributed by atoms with E-state index >= 15 is 0 Å². The van der Waals surface area contributed by atoms with Crippen LogP contribution in [0, 0.1) is 5.92 Å². The molecule has 0 radical (unpaired) electrons. The monoisotopic (exact) mass is 513 g/mol. The second-order valence-corrected chi connectivity index (χ2v) is 12.1. The van der Waals surface area contributed by atoms with Gasteiger partial charge in [0, 0.05) is 13.1 Å². The molecule has 1 heterocycles. The Morgan fingerprint density at radius 2 is 1.83 bits per heavy atom. The van der Waals surface area contributed by atoms with Crippen molar-refractivity contribution in [3.8, 4) is 5.75 Å². The fourth-order valence-electron chi connectivity index (χ4n) is 3.83. The highest BCUT2D eigenvalue weighted by molar-refractivity contribution is 7.89. The number of hydrogen-bond donors (Lipinski definition) is 3. The normalized spacial score (nSPS) is 20.6. The maximum atomic E-state index is 13.1. The number of methoxy groups -OCH3 is 1. The van der Waals surface area contributed by atoms with Crippen LogP contribution in [-0.4, -0.2) is 73.8 Å². The molecule has 0 spiro atoms. The molecule has 2 amide bonds. The minimum Gasteiger partial charge on any atom is -0.497 e. The van der Waals surface area contributed by atoms with Crippen molar-refractivity contribution in [1.29, 1.82) is 0 Å². The van der Waals surface area contributed by atoms with Crippen LogP contribution in [0.1, 0.15) is 53.9 Å². The molecule has 10 nitrogen and oxygen atoms in total. The van der Waals surface area contributed by atoms with Gasteiger partial charge in [0.05, 0.1) is 24.2 Å². The van der Waals surface area contributed by atoms with Crippen LogP contribution in [0.4, 0.5) is 4.79 Å². The molecule has 35 heavy (non-hydrogen) atoms. The summed E-state index contributed by atoms with van der Waals surface area (Å²) in [5.74, 6) is 0.212. The maximum Gasteiger partial charge on any atom is 0.408 e. The lowest BCUT2D eigenvalue weighted by atomic mass is 10.0. The number of alkyl carbamates (subject to hydrolysis) is 1. The number of carbonyl (C=O) groups is 2. The van der Waals surface area contributed by atoms with Crippen LogP contribution in [0.25, 0.3) is 0 Å². The van der Waals surface area contributed by atoms with Crippen LogP contribution in [0.5, 0.6) is 5.75 Å². The van der Waals surface area contributed by atoms with Gasteiger partial charge in [0.1, 0.15) is 17.4 Å². The summed E-state index contributed by atoms with van der Waals surface area (Å²) in [6, 6.07) is 4.55. The topological polar surface area (TPSA) is 134 Å². The summed E-state index contributed by atoms with van der Waals surface area (Å²) in [5, 5.41) is 16.2. The van der Waals surface area contributed by atoms with Gasteiger partial charge in [-0.3, -0.25) is 4.79 Å². The van der Waals surface area contributed by atoms with Crippen molar-refractivity contribution < 1.29 is 32.6 Å². The van der Waals surface area contributed by atoms with Crippen LogP contribution in [0.15, 0.2) is 29.2 Å². The first-order valence-electron chi connectivity index (χ1n) is 11.8. The second-order valence-electron chi connectivity index (χ2n) is 10.2. The Kier molecular flexibility index (Phi) is 9.94. The van der Waals surface area contributed by atoms with Crippen LogP contribution < -0.4 is 15.4 Å². The van der Waals surface area contributed by atoms with Crippen molar-refractivity contribution >= 4 is 22.0 Å². The highest BCUT2D eigenvalue weighted by Crippen LogP contribution is 2.23. The molecule has 2 rings (SSSR count). The molecule has 0 bridgehead atoms. The minimum absolute atomic E-state index is 0.103. The van der Waals surface area contributed by atoms with Crippen molar-refractivity contribution in [2.24, 2.45) is 5.92 Å². The Balaban J connectivity index is 2.08. The Labute approximate surface area is 208 Å². The molecule has 1 aliphatic rings. The van der Waals surface area contributed by atoms with Crippen molar-refractivity contribution in [3.05, 3.63) is 24.3 Å². The summed E-state index contributed by atoms with van der Waals surface area (Å²) in [6.07, 6.45) is -0.591. The van der Waals surface area contributed by atoms with Crippen molar-refractivity contribution in [3.63, 3.8) is 0 Å². The predicted molar refractivity (Wildman–Crippen MR) is 132 cm³/mol. The molecule has 3 atom stereocenters. The van der Waals surface area contributed by atoms with Crippen molar-refractivity contribution in [2.75, 3.05) is 20.2 Å². The number of hydrogen-bond acceptors (Lipinski definition) is 7. The number of nitrogens with zero attached hydrogens (tertiary/aromatic N) is 1. The Morgan fingerprint density at radius 3 is 2.37 bits per heavy atom. The summed E-state index contributed by atoms with van der Waals surface area (Å²) >= 11 is 0. The second kappa shape index (κ2) is 12.0. The first kappa shape index (κ1) is 28.9. The molecule has 3 unspecified atom stereocenters. The first-order chi connectivity index (χ1) is 16.2. The highest BCUT2D eigenvalue weighted by Gasteiger charge is 2.35. The number of sulfonamides is 1. The minimum atomic E-state index is -3.83. The quantitative estimate of drug-likeness (QED) is 0.485. The van der Waals surface area contributed by atoms with Gasteiger partial charge in [-0.15, -0.1) is 0 Å². The fraction of sp³-hybridized carbons (Fsp3) is 0.667. The summed E-state index contributed by atoms with van der Waals surface area (Å²) in [5.41, 5.74) is -0.709. The standard InChI is InChI=1S/C24H39N3O7S/c1-16(2)14-20(26-23(30)34-24(3,4)5)22(29)25-19-8-7-13-27(15-21(19)28)35(31,32)18-11-9-17(33-6)10-12-18/h9-12,16,19-21,28H,7-8,13-15H2,1-6H3,(H,25,29)(H,26,30). The lowest BCUT2D eigenvalue weighted by Crippen LogP contribution is -2.54. The van der Waals surface area contributed by atoms with Gasteiger partial charge in [-0.2, -0.15) is 4.31 Å². The van der Waals surface area contributed by atoms with Gasteiger partial charge in [-0.25, -0.2) is 13.2 Å². The molecule has 11 heteroatoms. The number of nitrogens with one attached hydrogen (secondary N) is 2. The largest absolute Gasteiger partial charge is 0.497 e. The highest BCUT2D eigenvalue weighted by atomic mass is 32.2. The van der Waals surface area contributed by atoms with Crippen LogP contribution in [0.2, 0.25) is 0 Å². The molecule has 1 fully saturated rings. The van der Waals surface area contributed by atoms with Gasteiger partial charge < -0.3 is 25.2 Å². The average Bonchev–Trinajstić information content (AvgIpc) is 2.93. The molecule has 198 valence electrons. The number of carbonyl (C=O) groups excluding carboxylic acids is 2. The lowest BCUT2D eigenvalue weighted by Gasteiger charge is -2.28. The summed E-state index contributed by atoms with van der Waals surface area (Å²) in [7, 11) is -2.33. The molecular formula is C24H39N3O7S. The lowest BCUT2D eigenvalue weighted by molar-refractivity contribution is -0.125. The molecular weight excluding hydrogens is 474 g/mol. The molecule has 0 saturated carbocycles. The Morgan fingerprint density at radius 1 is 1.20 bits per heavy atom. The number of aliphatic hydroxyl groups is 1. The Hall–Kier alpha value is -2.37. The molecule has 0 aromatic heterocycles. The molecule has 0 aliphatic carbocycles. The van der Waals surface area contributed by atoms with E-state index in [1.165, 1.54) is 23.5 Å². The van der Waals surface area contributed by atoms with E-state index in [4.69, 9.17) is 9.47 Å². The smallest absolute Gasteiger partial charge is 0.408 e. The van der Waals surface area contributed by atoms with E-state index < -0.39 is 45.8 Å². The number of amides is 2. The number of benzene rings is 1. The fourth-order valence-corrected chi connectivity index (χ4v) is 5.32. The summed E-state index contributed by atoms with van der Waals surface area (Å²) in [6.45, 7) is 9.11. The van der Waals surface area contributed by atoms with E-state index in [1.54, 1.807) is 32.9 Å². The average molecular weight is 514 g/mol. The third-order valence-electron chi connectivity index (χ3n) is 5.52. The number of rotatable bonds is 8. The summed E-state index contributed by atoms with van der Waals surface area (Å²) < 4.78 is 37.8. The zero-order valence-electron chi connectivity index (χ0n) is 21.4. The van der Waals surface area contributed by atoms with Crippen LogP contribution in [-0.2, 0) is 19.6 Å². The van der Waals surface area contributed by atoms with E-state index in [2.05, 4.69) is 10.6 Å². The van der Waals surface area contributed by atoms with Crippen LogP contribution in [0.3, 0.4) is 0 Å². The number of ether oxygens (including phenoxy) is 2. The molecule has 1 aromatic rings.